The summed E-state index contributed by atoms with van der Waals surface area (Å²) in [5.74, 6) is 0.202. The molecule has 5 rings (SSSR count). The van der Waals surface area contributed by atoms with Crippen LogP contribution >= 0.6 is 0 Å². The Balaban J connectivity index is 1.29. The Morgan fingerprint density at radius 3 is 2.41 bits per heavy atom. The number of likely N-dealkylation sites (tertiary alicyclic amines) is 1. The molecule has 1 fully saturated rings. The molecular weight excluding hydrogens is 402 g/mol. The first-order valence-corrected chi connectivity index (χ1v) is 11.0. The summed E-state index contributed by atoms with van der Waals surface area (Å²) in [6.07, 6.45) is 4.58. The average Bonchev–Trinajstić information content (AvgIpc) is 3.55. The van der Waals surface area contributed by atoms with Crippen LogP contribution in [0, 0.1) is 0 Å². The first kappa shape index (κ1) is 20.5. The van der Waals surface area contributed by atoms with Crippen LogP contribution in [-0.4, -0.2) is 47.5 Å². The zero-order valence-corrected chi connectivity index (χ0v) is 17.9. The van der Waals surface area contributed by atoms with Crippen LogP contribution in [0.3, 0.4) is 0 Å². The second-order valence-electron chi connectivity index (χ2n) is 8.16. The van der Waals surface area contributed by atoms with E-state index in [0.717, 1.165) is 38.2 Å². The fraction of sp³-hybridized carbons (Fsp3) is 0.280. The number of amides is 1. The maximum atomic E-state index is 13.4. The van der Waals surface area contributed by atoms with Gasteiger partial charge in [-0.25, -0.2) is 4.99 Å². The average molecular weight is 430 g/mol. The number of carbonyl (C=O) groups excluding carboxylic acids is 1. The maximum Gasteiger partial charge on any atom is 0.292 e. The summed E-state index contributed by atoms with van der Waals surface area (Å²) in [6, 6.07) is 24.0. The maximum absolute atomic E-state index is 13.4. The Bertz CT molecular complexity index is 1030. The van der Waals surface area contributed by atoms with Gasteiger partial charge < -0.3 is 4.42 Å². The van der Waals surface area contributed by atoms with Crippen LogP contribution in [0.4, 0.5) is 5.69 Å². The largest absolute Gasteiger partial charge is 0.459 e. The van der Waals surface area contributed by atoms with Crippen molar-refractivity contribution in [2.75, 3.05) is 18.1 Å². The number of carbonyl (C=O) groups is 1. The monoisotopic (exact) mass is 429 g/mol. The van der Waals surface area contributed by atoms with Crippen molar-refractivity contribution in [1.29, 1.82) is 0 Å². The predicted molar refractivity (Wildman–Crippen MR) is 124 cm³/mol. The summed E-state index contributed by atoms with van der Waals surface area (Å²) in [6.45, 7) is 2.79. The lowest BCUT2D eigenvalue weighted by molar-refractivity contribution is 0.0375. The van der Waals surface area contributed by atoms with E-state index in [1.165, 1.54) is 11.8 Å². The number of para-hydroxylation sites is 1. The Kier molecular flexibility index (Phi) is 6.00. The molecule has 7 heteroatoms. The van der Waals surface area contributed by atoms with Crippen molar-refractivity contribution in [3.05, 3.63) is 90.4 Å². The van der Waals surface area contributed by atoms with Crippen molar-refractivity contribution in [2.45, 2.75) is 31.7 Å². The molecule has 3 heterocycles. The Morgan fingerprint density at radius 1 is 1.00 bits per heavy atom. The van der Waals surface area contributed by atoms with Gasteiger partial charge in [-0.05, 0) is 42.7 Å². The van der Waals surface area contributed by atoms with E-state index >= 15 is 0 Å². The number of nitrogens with one attached hydrogen (secondary N) is 1. The molecule has 0 aliphatic carbocycles. The third-order valence-electron chi connectivity index (χ3n) is 6.04. The number of benzene rings is 2. The minimum absolute atomic E-state index is 0.0741. The first-order valence-electron chi connectivity index (χ1n) is 11.0. The van der Waals surface area contributed by atoms with Crippen molar-refractivity contribution in [1.82, 2.24) is 15.2 Å². The van der Waals surface area contributed by atoms with Crippen LogP contribution in [-0.2, 0) is 6.54 Å². The summed E-state index contributed by atoms with van der Waals surface area (Å²) in [4.78, 5) is 22.3. The topological polar surface area (TPSA) is 64.3 Å². The van der Waals surface area contributed by atoms with Crippen molar-refractivity contribution in [2.24, 2.45) is 4.99 Å². The summed E-state index contributed by atoms with van der Waals surface area (Å²) in [7, 11) is 0. The van der Waals surface area contributed by atoms with Crippen LogP contribution in [0.25, 0.3) is 0 Å². The van der Waals surface area contributed by atoms with Gasteiger partial charge in [0.2, 0.25) is 0 Å². The zero-order valence-electron chi connectivity index (χ0n) is 17.9. The molecule has 2 aliphatic heterocycles. The smallest absolute Gasteiger partial charge is 0.292 e. The zero-order chi connectivity index (χ0) is 21.8. The molecule has 32 heavy (non-hydrogen) atoms. The van der Waals surface area contributed by atoms with Gasteiger partial charge >= 0.3 is 0 Å². The van der Waals surface area contributed by atoms with Crippen LogP contribution < -0.4 is 10.4 Å². The molecule has 2 aromatic carbocycles. The number of hydrogen-bond donors (Lipinski definition) is 1. The van der Waals surface area contributed by atoms with Gasteiger partial charge in [0.1, 0.15) is 6.34 Å². The Labute approximate surface area is 187 Å². The van der Waals surface area contributed by atoms with E-state index in [4.69, 9.17) is 4.42 Å². The molecule has 2 aliphatic rings. The molecule has 1 N–H and O–H groups in total. The number of rotatable bonds is 6. The molecule has 1 saturated heterocycles. The molecule has 1 aromatic heterocycles. The van der Waals surface area contributed by atoms with E-state index in [1.54, 1.807) is 18.5 Å². The highest BCUT2D eigenvalue weighted by molar-refractivity contribution is 5.92. The minimum Gasteiger partial charge on any atom is -0.459 e. The Hall–Kier alpha value is -3.42. The number of hydrazine groups is 1. The third-order valence-corrected chi connectivity index (χ3v) is 6.04. The standard InChI is InChI=1S/C25H27N5O2/c31-24(23-12-7-17-32-23)30(25-26-19-29(27-25)21-10-5-2-6-11-21)22-13-15-28(16-14-22)18-20-8-3-1-4-9-20/h1-12,17,19,22,25,27H,13-16,18H2. The van der Waals surface area contributed by atoms with Gasteiger partial charge in [-0.1, -0.05) is 48.5 Å². The van der Waals surface area contributed by atoms with Crippen LogP contribution in [0.5, 0.6) is 0 Å². The fourth-order valence-corrected chi connectivity index (χ4v) is 4.39. The molecule has 7 nitrogen and oxygen atoms in total. The lowest BCUT2D eigenvalue weighted by Gasteiger charge is -2.40. The quantitative estimate of drug-likeness (QED) is 0.647. The van der Waals surface area contributed by atoms with Gasteiger partial charge in [0.25, 0.3) is 5.91 Å². The number of aliphatic imine (C=N–C) groups is 1. The van der Waals surface area contributed by atoms with Crippen molar-refractivity contribution >= 4 is 17.9 Å². The van der Waals surface area contributed by atoms with Crippen LogP contribution in [0.1, 0.15) is 29.0 Å². The molecule has 1 amide bonds. The van der Waals surface area contributed by atoms with Gasteiger partial charge in [-0.15, -0.1) is 0 Å². The van der Waals surface area contributed by atoms with E-state index in [9.17, 15) is 4.79 Å². The number of nitrogens with zero attached hydrogens (tertiary/aromatic N) is 4. The van der Waals surface area contributed by atoms with E-state index in [1.807, 2.05) is 46.3 Å². The van der Waals surface area contributed by atoms with Gasteiger partial charge in [-0.2, -0.15) is 5.43 Å². The molecule has 0 spiro atoms. The summed E-state index contributed by atoms with van der Waals surface area (Å²) < 4.78 is 5.44. The lowest BCUT2D eigenvalue weighted by atomic mass is 10.0. The third kappa shape index (κ3) is 4.44. The van der Waals surface area contributed by atoms with E-state index in [2.05, 4.69) is 39.6 Å². The van der Waals surface area contributed by atoms with E-state index < -0.39 is 6.29 Å². The number of anilines is 1. The second-order valence-corrected chi connectivity index (χ2v) is 8.16. The molecule has 3 aromatic rings. The van der Waals surface area contributed by atoms with Crippen LogP contribution in [0.15, 0.2) is 88.5 Å². The first-order chi connectivity index (χ1) is 15.8. The lowest BCUT2D eigenvalue weighted by Crippen LogP contribution is -2.56. The molecule has 1 unspecified atom stereocenters. The highest BCUT2D eigenvalue weighted by Crippen LogP contribution is 2.25. The minimum atomic E-state index is -0.474. The van der Waals surface area contributed by atoms with Crippen molar-refractivity contribution in [3.63, 3.8) is 0 Å². The summed E-state index contributed by atoms with van der Waals surface area (Å²) in [5, 5.41) is 1.86. The summed E-state index contributed by atoms with van der Waals surface area (Å²) >= 11 is 0. The molecule has 0 bridgehead atoms. The van der Waals surface area contributed by atoms with Gasteiger partial charge in [0.05, 0.1) is 12.0 Å². The van der Waals surface area contributed by atoms with Gasteiger partial charge in [0, 0.05) is 25.7 Å². The van der Waals surface area contributed by atoms with Crippen molar-refractivity contribution in [3.8, 4) is 0 Å². The normalized spacial score (nSPS) is 19.4. The second kappa shape index (κ2) is 9.38. The Morgan fingerprint density at radius 2 is 1.72 bits per heavy atom. The number of piperidine rings is 1. The molecule has 0 radical (unpaired) electrons. The highest BCUT2D eigenvalue weighted by atomic mass is 16.3. The van der Waals surface area contributed by atoms with E-state index in [-0.39, 0.29) is 11.9 Å². The van der Waals surface area contributed by atoms with Crippen LogP contribution in [0.2, 0.25) is 0 Å². The van der Waals surface area contributed by atoms with Gasteiger partial charge in [0.15, 0.2) is 12.0 Å². The summed E-state index contributed by atoms with van der Waals surface area (Å²) in [5.41, 5.74) is 5.65. The highest BCUT2D eigenvalue weighted by Gasteiger charge is 2.37. The molecule has 1 atom stereocenters. The predicted octanol–water partition coefficient (Wildman–Crippen LogP) is 3.72. The van der Waals surface area contributed by atoms with E-state index in [0.29, 0.717) is 5.76 Å². The van der Waals surface area contributed by atoms with Gasteiger partial charge in [-0.3, -0.25) is 19.6 Å². The molecule has 0 saturated carbocycles. The number of hydrogen-bond acceptors (Lipinski definition) is 6. The fourth-order valence-electron chi connectivity index (χ4n) is 4.39. The molecule has 164 valence electrons. The number of furan rings is 1. The van der Waals surface area contributed by atoms with Crippen molar-refractivity contribution < 1.29 is 9.21 Å². The molecular formula is C25H27N5O2. The SMILES string of the molecule is O=C(c1ccco1)N(C1CCN(Cc2ccccc2)CC1)C1N=CN(c2ccccc2)N1.